The van der Waals surface area contributed by atoms with Gasteiger partial charge in [-0.15, -0.1) is 0 Å². The minimum Gasteiger partial charge on any atom is -0.340 e. The molecule has 1 fully saturated rings. The number of nitrogens with one attached hydrogen (secondary N) is 1. The van der Waals surface area contributed by atoms with Gasteiger partial charge in [-0.3, -0.25) is 14.5 Å². The number of hydrogen-bond acceptors (Lipinski definition) is 3. The van der Waals surface area contributed by atoms with Crippen molar-refractivity contribution < 1.29 is 9.59 Å². The minimum atomic E-state index is -0.493. The maximum atomic E-state index is 13.4. The third-order valence-corrected chi connectivity index (χ3v) is 5.85. The Hall–Kier alpha value is -2.66. The second-order valence-corrected chi connectivity index (χ2v) is 8.91. The summed E-state index contributed by atoms with van der Waals surface area (Å²) in [6, 6.07) is 17.5. The van der Waals surface area contributed by atoms with E-state index in [1.165, 1.54) is 5.56 Å². The SMILES string of the molecule is Cc1ccccc1C(=O)NC(CC(C)C)C(=O)N1CCCN(Cc2ccccc2)CC1. The molecule has 1 atom stereocenters. The van der Waals surface area contributed by atoms with E-state index in [9.17, 15) is 9.59 Å². The zero-order valence-corrected chi connectivity index (χ0v) is 19.0. The number of hydrogen-bond donors (Lipinski definition) is 1. The van der Waals surface area contributed by atoms with E-state index in [0.717, 1.165) is 38.2 Å². The van der Waals surface area contributed by atoms with Gasteiger partial charge >= 0.3 is 0 Å². The molecule has 1 N–H and O–H groups in total. The van der Waals surface area contributed by atoms with E-state index in [1.54, 1.807) is 0 Å². The van der Waals surface area contributed by atoms with E-state index in [-0.39, 0.29) is 11.8 Å². The molecule has 5 nitrogen and oxygen atoms in total. The zero-order valence-electron chi connectivity index (χ0n) is 19.0. The van der Waals surface area contributed by atoms with Crippen molar-refractivity contribution in [3.05, 3.63) is 71.3 Å². The van der Waals surface area contributed by atoms with Crippen LogP contribution in [-0.2, 0) is 11.3 Å². The highest BCUT2D eigenvalue weighted by Gasteiger charge is 2.28. The van der Waals surface area contributed by atoms with E-state index in [2.05, 4.69) is 48.3 Å². The number of carbonyl (C=O) groups is 2. The van der Waals surface area contributed by atoms with Crippen molar-refractivity contribution in [1.82, 2.24) is 15.1 Å². The van der Waals surface area contributed by atoms with Crippen LogP contribution in [0.15, 0.2) is 54.6 Å². The van der Waals surface area contributed by atoms with Gasteiger partial charge in [0.2, 0.25) is 5.91 Å². The van der Waals surface area contributed by atoms with Gasteiger partial charge in [-0.1, -0.05) is 62.4 Å². The first kappa shape index (κ1) is 23.0. The Labute approximate surface area is 186 Å². The Morgan fingerprint density at radius 1 is 0.935 bits per heavy atom. The molecule has 1 heterocycles. The number of rotatable bonds is 7. The van der Waals surface area contributed by atoms with Gasteiger partial charge in [0, 0.05) is 38.3 Å². The lowest BCUT2D eigenvalue weighted by Crippen LogP contribution is -2.50. The van der Waals surface area contributed by atoms with Gasteiger partial charge in [-0.2, -0.15) is 0 Å². The molecule has 166 valence electrons. The van der Waals surface area contributed by atoms with Crippen LogP contribution in [0.1, 0.15) is 48.2 Å². The standard InChI is InChI=1S/C26H35N3O2/c1-20(2)18-24(27-25(30)23-13-8-7-10-21(23)3)26(31)29-15-9-14-28(16-17-29)19-22-11-5-4-6-12-22/h4-8,10-13,20,24H,9,14-19H2,1-3H3,(H,27,30). The van der Waals surface area contributed by atoms with Crippen LogP contribution in [0.2, 0.25) is 0 Å². The first-order valence-corrected chi connectivity index (χ1v) is 11.4. The molecule has 0 aromatic heterocycles. The molecule has 31 heavy (non-hydrogen) atoms. The van der Waals surface area contributed by atoms with E-state index >= 15 is 0 Å². The molecule has 1 unspecified atom stereocenters. The average molecular weight is 422 g/mol. The molecule has 3 rings (SSSR count). The van der Waals surface area contributed by atoms with Crippen LogP contribution in [-0.4, -0.2) is 53.8 Å². The summed E-state index contributed by atoms with van der Waals surface area (Å²) in [5.41, 5.74) is 2.85. The summed E-state index contributed by atoms with van der Waals surface area (Å²) in [6.45, 7) is 10.3. The summed E-state index contributed by atoms with van der Waals surface area (Å²) in [5.74, 6) is 0.183. The molecular formula is C26H35N3O2. The second-order valence-electron chi connectivity index (χ2n) is 8.91. The van der Waals surface area contributed by atoms with Gasteiger partial charge in [0.15, 0.2) is 0 Å². The maximum Gasteiger partial charge on any atom is 0.252 e. The van der Waals surface area contributed by atoms with Crippen LogP contribution in [0.5, 0.6) is 0 Å². The van der Waals surface area contributed by atoms with E-state index in [1.807, 2.05) is 42.2 Å². The summed E-state index contributed by atoms with van der Waals surface area (Å²) >= 11 is 0. The quantitative estimate of drug-likeness (QED) is 0.738. The van der Waals surface area contributed by atoms with Crippen LogP contribution in [0.3, 0.4) is 0 Å². The lowest BCUT2D eigenvalue weighted by atomic mass is 10.0. The Balaban J connectivity index is 1.64. The average Bonchev–Trinajstić information content (AvgIpc) is 2.99. The number of amides is 2. The number of benzene rings is 2. The van der Waals surface area contributed by atoms with Crippen molar-refractivity contribution in [2.75, 3.05) is 26.2 Å². The zero-order chi connectivity index (χ0) is 22.2. The van der Waals surface area contributed by atoms with Gasteiger partial charge < -0.3 is 10.2 Å². The van der Waals surface area contributed by atoms with Crippen molar-refractivity contribution in [1.29, 1.82) is 0 Å². The first-order chi connectivity index (χ1) is 14.9. The monoisotopic (exact) mass is 421 g/mol. The van der Waals surface area contributed by atoms with Crippen molar-refractivity contribution >= 4 is 11.8 Å². The molecule has 2 aromatic rings. The Morgan fingerprint density at radius 3 is 2.35 bits per heavy atom. The molecule has 0 spiro atoms. The lowest BCUT2D eigenvalue weighted by Gasteiger charge is -2.28. The van der Waals surface area contributed by atoms with E-state index < -0.39 is 6.04 Å². The third kappa shape index (κ3) is 6.66. The van der Waals surface area contributed by atoms with E-state index in [0.29, 0.717) is 24.4 Å². The number of aryl methyl sites for hydroxylation is 1. The predicted molar refractivity (Wildman–Crippen MR) is 125 cm³/mol. The fraction of sp³-hybridized carbons (Fsp3) is 0.462. The van der Waals surface area contributed by atoms with Gasteiger partial charge in [0.1, 0.15) is 6.04 Å². The van der Waals surface area contributed by atoms with Gasteiger partial charge in [0.05, 0.1) is 0 Å². The Morgan fingerprint density at radius 2 is 1.65 bits per heavy atom. The summed E-state index contributed by atoms with van der Waals surface area (Å²) in [5, 5.41) is 3.03. The molecule has 0 aliphatic carbocycles. The predicted octanol–water partition coefficient (Wildman–Crippen LogP) is 3.87. The molecule has 2 amide bonds. The Bertz CT molecular complexity index is 866. The van der Waals surface area contributed by atoms with Crippen LogP contribution in [0.4, 0.5) is 0 Å². The molecule has 5 heteroatoms. The normalized spacial score (nSPS) is 16.1. The highest BCUT2D eigenvalue weighted by Crippen LogP contribution is 2.14. The van der Waals surface area contributed by atoms with Gasteiger partial charge in [-0.25, -0.2) is 0 Å². The lowest BCUT2D eigenvalue weighted by molar-refractivity contribution is -0.133. The van der Waals surface area contributed by atoms with Gasteiger partial charge in [0.25, 0.3) is 5.91 Å². The summed E-state index contributed by atoms with van der Waals surface area (Å²) in [6.07, 6.45) is 1.58. The van der Waals surface area contributed by atoms with Crippen LogP contribution in [0, 0.1) is 12.8 Å². The van der Waals surface area contributed by atoms with Crippen molar-refractivity contribution in [3.8, 4) is 0 Å². The molecule has 1 aliphatic rings. The smallest absolute Gasteiger partial charge is 0.252 e. The largest absolute Gasteiger partial charge is 0.340 e. The van der Waals surface area contributed by atoms with Crippen molar-refractivity contribution in [2.45, 2.75) is 46.2 Å². The fourth-order valence-corrected chi connectivity index (χ4v) is 4.17. The van der Waals surface area contributed by atoms with Gasteiger partial charge in [-0.05, 0) is 42.9 Å². The summed E-state index contributed by atoms with van der Waals surface area (Å²) in [4.78, 5) is 30.6. The second kappa shape index (κ2) is 11.1. The molecule has 0 bridgehead atoms. The Kier molecular flexibility index (Phi) is 8.24. The maximum absolute atomic E-state index is 13.4. The van der Waals surface area contributed by atoms with E-state index in [4.69, 9.17) is 0 Å². The van der Waals surface area contributed by atoms with Crippen LogP contribution in [0.25, 0.3) is 0 Å². The van der Waals surface area contributed by atoms with Crippen molar-refractivity contribution in [2.24, 2.45) is 5.92 Å². The molecule has 0 radical (unpaired) electrons. The fourth-order valence-electron chi connectivity index (χ4n) is 4.17. The van der Waals surface area contributed by atoms with Crippen molar-refractivity contribution in [3.63, 3.8) is 0 Å². The molecule has 2 aromatic carbocycles. The number of nitrogens with zero attached hydrogens (tertiary/aromatic N) is 2. The third-order valence-electron chi connectivity index (χ3n) is 5.85. The number of carbonyl (C=O) groups excluding carboxylic acids is 2. The molecular weight excluding hydrogens is 386 g/mol. The minimum absolute atomic E-state index is 0.0391. The topological polar surface area (TPSA) is 52.7 Å². The van der Waals surface area contributed by atoms with Crippen LogP contribution < -0.4 is 5.32 Å². The summed E-state index contributed by atoms with van der Waals surface area (Å²) in [7, 11) is 0. The van der Waals surface area contributed by atoms with Crippen LogP contribution >= 0.6 is 0 Å². The highest BCUT2D eigenvalue weighted by atomic mass is 16.2. The molecule has 1 saturated heterocycles. The first-order valence-electron chi connectivity index (χ1n) is 11.4. The molecule has 1 aliphatic heterocycles. The molecule has 0 saturated carbocycles. The summed E-state index contributed by atoms with van der Waals surface area (Å²) < 4.78 is 0. The highest BCUT2D eigenvalue weighted by molar-refractivity contribution is 5.98.